The second-order valence-corrected chi connectivity index (χ2v) is 2.40. The summed E-state index contributed by atoms with van der Waals surface area (Å²) in [7, 11) is 0. The number of nitrogens with zero attached hydrogens (tertiary/aromatic N) is 1. The second-order valence-electron chi connectivity index (χ2n) is 2.40. The van der Waals surface area contributed by atoms with Crippen LogP contribution < -0.4 is 0 Å². The highest BCUT2D eigenvalue weighted by molar-refractivity contribution is 5.94. The molecule has 0 aliphatic heterocycles. The first-order valence-corrected chi connectivity index (χ1v) is 3.66. The Hall–Kier alpha value is -1.58. The predicted molar refractivity (Wildman–Crippen MR) is 47.3 cm³/mol. The average molecular weight is 161 g/mol. The van der Waals surface area contributed by atoms with Gasteiger partial charge in [-0.15, -0.1) is 5.73 Å². The fourth-order valence-corrected chi connectivity index (χ4v) is 0.677. The maximum Gasteiger partial charge on any atom is 0.235 e. The standard InChI is InChI=1S/C10H11NO/c1-3-5-9(2)6-4-7-10(12)8-11/h4-6,9H,1,7H2,2H3/b6-4+. The highest BCUT2D eigenvalue weighted by Crippen LogP contribution is 1.98. The SMILES string of the molecule is C=C=CC(C)/C=C/CC(=O)C#N. The fourth-order valence-electron chi connectivity index (χ4n) is 0.677. The minimum Gasteiger partial charge on any atom is -0.282 e. The predicted octanol–water partition coefficient (Wildman–Crippen LogP) is 2.00. The number of nitriles is 1. The van der Waals surface area contributed by atoms with Crippen LogP contribution >= 0.6 is 0 Å². The number of ketones is 1. The van der Waals surface area contributed by atoms with Gasteiger partial charge in [0.25, 0.3) is 0 Å². The molecule has 0 N–H and O–H groups in total. The van der Waals surface area contributed by atoms with E-state index < -0.39 is 5.78 Å². The molecule has 0 aliphatic carbocycles. The number of carbonyl (C=O) groups is 1. The summed E-state index contributed by atoms with van der Waals surface area (Å²) in [6, 6.07) is 1.54. The highest BCUT2D eigenvalue weighted by Gasteiger charge is 1.93. The third-order valence-corrected chi connectivity index (χ3v) is 1.25. The molecule has 1 unspecified atom stereocenters. The lowest BCUT2D eigenvalue weighted by Gasteiger charge is -1.92. The summed E-state index contributed by atoms with van der Waals surface area (Å²) in [5.41, 5.74) is 2.64. The first-order valence-electron chi connectivity index (χ1n) is 3.66. The van der Waals surface area contributed by atoms with Crippen LogP contribution in [-0.4, -0.2) is 5.78 Å². The van der Waals surface area contributed by atoms with Crippen LogP contribution in [0.25, 0.3) is 0 Å². The van der Waals surface area contributed by atoms with Crippen LogP contribution in [0.4, 0.5) is 0 Å². The topological polar surface area (TPSA) is 40.9 Å². The van der Waals surface area contributed by atoms with Crippen molar-refractivity contribution in [2.75, 3.05) is 0 Å². The minimum atomic E-state index is -0.416. The summed E-state index contributed by atoms with van der Waals surface area (Å²) in [5.74, 6) is -0.199. The molecule has 0 amide bonds. The van der Waals surface area contributed by atoms with Gasteiger partial charge in [-0.3, -0.25) is 4.79 Å². The summed E-state index contributed by atoms with van der Waals surface area (Å²) >= 11 is 0. The molecule has 1 atom stereocenters. The Morgan fingerprint density at radius 3 is 2.92 bits per heavy atom. The van der Waals surface area contributed by atoms with E-state index in [0.29, 0.717) is 0 Å². The summed E-state index contributed by atoms with van der Waals surface area (Å²) < 4.78 is 0. The molecular weight excluding hydrogens is 150 g/mol. The molecule has 0 radical (unpaired) electrons. The average Bonchev–Trinajstić information content (AvgIpc) is 2.04. The van der Waals surface area contributed by atoms with E-state index in [4.69, 9.17) is 5.26 Å². The van der Waals surface area contributed by atoms with Crippen LogP contribution in [0.5, 0.6) is 0 Å². The van der Waals surface area contributed by atoms with Gasteiger partial charge in [0.05, 0.1) is 0 Å². The van der Waals surface area contributed by atoms with Crippen LogP contribution in [-0.2, 0) is 4.79 Å². The van der Waals surface area contributed by atoms with E-state index in [1.165, 1.54) is 0 Å². The van der Waals surface area contributed by atoms with E-state index in [-0.39, 0.29) is 12.3 Å². The van der Waals surface area contributed by atoms with E-state index in [1.54, 1.807) is 18.2 Å². The molecule has 0 aromatic rings. The zero-order valence-electron chi connectivity index (χ0n) is 7.08. The van der Waals surface area contributed by atoms with Gasteiger partial charge in [-0.25, -0.2) is 0 Å². The highest BCUT2D eigenvalue weighted by atomic mass is 16.1. The molecule has 0 aromatic heterocycles. The quantitative estimate of drug-likeness (QED) is 0.359. The monoisotopic (exact) mass is 161 g/mol. The largest absolute Gasteiger partial charge is 0.282 e. The van der Waals surface area contributed by atoms with Crippen LogP contribution in [0.3, 0.4) is 0 Å². The van der Waals surface area contributed by atoms with E-state index in [2.05, 4.69) is 12.3 Å². The van der Waals surface area contributed by atoms with Crippen molar-refractivity contribution in [2.45, 2.75) is 13.3 Å². The van der Waals surface area contributed by atoms with Crippen molar-refractivity contribution in [3.8, 4) is 6.07 Å². The third-order valence-electron chi connectivity index (χ3n) is 1.25. The number of carbonyl (C=O) groups excluding carboxylic acids is 1. The number of rotatable bonds is 4. The molecule has 0 fully saturated rings. The molecule has 2 nitrogen and oxygen atoms in total. The van der Waals surface area contributed by atoms with Gasteiger partial charge >= 0.3 is 0 Å². The van der Waals surface area contributed by atoms with Gasteiger partial charge in [-0.2, -0.15) is 5.26 Å². The Balaban J connectivity index is 3.85. The molecule has 0 heterocycles. The van der Waals surface area contributed by atoms with Crippen molar-refractivity contribution in [2.24, 2.45) is 5.92 Å². The van der Waals surface area contributed by atoms with Gasteiger partial charge in [0.2, 0.25) is 5.78 Å². The third kappa shape index (κ3) is 5.22. The Bertz CT molecular complexity index is 264. The lowest BCUT2D eigenvalue weighted by Crippen LogP contribution is -1.89. The smallest absolute Gasteiger partial charge is 0.235 e. The molecule has 0 spiro atoms. The Labute approximate surface area is 72.5 Å². The molecule has 62 valence electrons. The zero-order chi connectivity index (χ0) is 9.40. The maximum absolute atomic E-state index is 10.5. The van der Waals surface area contributed by atoms with Gasteiger partial charge in [-0.05, 0) is 12.0 Å². The van der Waals surface area contributed by atoms with Crippen molar-refractivity contribution in [1.29, 1.82) is 5.26 Å². The molecule has 0 aliphatic rings. The van der Waals surface area contributed by atoms with Crippen molar-refractivity contribution in [1.82, 2.24) is 0 Å². The summed E-state index contributed by atoms with van der Waals surface area (Å²) in [6.07, 6.45) is 5.50. The van der Waals surface area contributed by atoms with E-state index in [1.807, 2.05) is 13.0 Å². The number of hydrogen-bond acceptors (Lipinski definition) is 2. The van der Waals surface area contributed by atoms with Crippen LogP contribution in [0.15, 0.2) is 30.5 Å². The molecule has 0 rings (SSSR count). The number of Topliss-reactive ketones (excluding diaryl/α,β-unsaturated/α-hetero) is 1. The Morgan fingerprint density at radius 2 is 2.42 bits per heavy atom. The Kier molecular flexibility index (Phi) is 5.34. The lowest BCUT2D eigenvalue weighted by molar-refractivity contribution is -0.113. The van der Waals surface area contributed by atoms with Gasteiger partial charge in [0, 0.05) is 6.42 Å². The van der Waals surface area contributed by atoms with Gasteiger partial charge in [0.15, 0.2) is 0 Å². The summed E-state index contributed by atoms with van der Waals surface area (Å²) in [6.45, 7) is 5.38. The molecule has 12 heavy (non-hydrogen) atoms. The molecule has 2 heteroatoms. The molecular formula is C10H11NO. The van der Waals surface area contributed by atoms with Crippen LogP contribution in [0, 0.1) is 17.2 Å². The fraction of sp³-hybridized carbons (Fsp3) is 0.300. The molecule has 0 aromatic carbocycles. The first-order chi connectivity index (χ1) is 5.70. The van der Waals surface area contributed by atoms with Gasteiger partial charge in [-0.1, -0.05) is 25.7 Å². The summed E-state index contributed by atoms with van der Waals surface area (Å²) in [4.78, 5) is 10.5. The zero-order valence-corrected chi connectivity index (χ0v) is 7.08. The van der Waals surface area contributed by atoms with Gasteiger partial charge in [0.1, 0.15) is 6.07 Å². The van der Waals surface area contributed by atoms with E-state index in [0.717, 1.165) is 0 Å². The number of allylic oxidation sites excluding steroid dienone is 3. The van der Waals surface area contributed by atoms with E-state index in [9.17, 15) is 4.79 Å². The van der Waals surface area contributed by atoms with Crippen molar-refractivity contribution in [3.63, 3.8) is 0 Å². The summed E-state index contributed by atoms with van der Waals surface area (Å²) in [5, 5.41) is 8.14. The molecule has 0 bridgehead atoms. The van der Waals surface area contributed by atoms with Crippen molar-refractivity contribution >= 4 is 5.78 Å². The lowest BCUT2D eigenvalue weighted by atomic mass is 10.1. The normalized spacial score (nSPS) is 11.7. The number of hydrogen-bond donors (Lipinski definition) is 0. The van der Waals surface area contributed by atoms with E-state index >= 15 is 0 Å². The second kappa shape index (κ2) is 6.15. The van der Waals surface area contributed by atoms with Crippen molar-refractivity contribution in [3.05, 3.63) is 30.5 Å². The Morgan fingerprint density at radius 1 is 1.75 bits per heavy atom. The maximum atomic E-state index is 10.5. The molecule has 0 saturated carbocycles. The van der Waals surface area contributed by atoms with Gasteiger partial charge < -0.3 is 0 Å². The van der Waals surface area contributed by atoms with Crippen LogP contribution in [0.2, 0.25) is 0 Å². The molecule has 0 saturated heterocycles. The minimum absolute atomic E-state index is 0.186. The van der Waals surface area contributed by atoms with Crippen LogP contribution in [0.1, 0.15) is 13.3 Å². The first kappa shape index (κ1) is 10.4. The van der Waals surface area contributed by atoms with Crippen molar-refractivity contribution < 1.29 is 4.79 Å².